The summed E-state index contributed by atoms with van der Waals surface area (Å²) < 4.78 is 0. The third kappa shape index (κ3) is 4.03. The Balaban J connectivity index is 1.75. The van der Waals surface area contributed by atoms with E-state index in [1.165, 1.54) is 27.3 Å². The van der Waals surface area contributed by atoms with Gasteiger partial charge in [-0.25, -0.2) is 0 Å². The number of para-hydroxylation sites is 2. The summed E-state index contributed by atoms with van der Waals surface area (Å²) in [5.74, 6) is 0. The number of allylic oxidation sites excluding steroid dienone is 6. The van der Waals surface area contributed by atoms with Gasteiger partial charge in [-0.15, -0.1) is 11.3 Å². The molecule has 1 aromatic heterocycles. The van der Waals surface area contributed by atoms with Crippen molar-refractivity contribution in [1.29, 1.82) is 0 Å². The van der Waals surface area contributed by atoms with Gasteiger partial charge in [-0.1, -0.05) is 97.1 Å². The Kier molecular flexibility index (Phi) is 5.64. The fourth-order valence-electron chi connectivity index (χ4n) is 3.93. The number of rotatable bonds is 5. The zero-order valence-corrected chi connectivity index (χ0v) is 18.0. The van der Waals surface area contributed by atoms with Crippen molar-refractivity contribution < 1.29 is 0 Å². The van der Waals surface area contributed by atoms with Gasteiger partial charge in [0.1, 0.15) is 5.00 Å². The van der Waals surface area contributed by atoms with Gasteiger partial charge in [0.05, 0.1) is 0 Å². The van der Waals surface area contributed by atoms with E-state index in [1.54, 1.807) is 11.3 Å². The molecule has 0 fully saturated rings. The minimum Gasteiger partial charge on any atom is -0.301 e. The lowest BCUT2D eigenvalue weighted by Gasteiger charge is -2.25. The first kappa shape index (κ1) is 19.3. The minimum absolute atomic E-state index is 0.947. The SMILES string of the molecule is C1=CCC=C(c2csc(N(c3ccccc3)c3ccccc3)c2-c2ccccc2)C=C1. The molecule has 5 rings (SSSR count). The highest BCUT2D eigenvalue weighted by Gasteiger charge is 2.22. The predicted molar refractivity (Wildman–Crippen MR) is 135 cm³/mol. The van der Waals surface area contributed by atoms with Crippen LogP contribution in [-0.4, -0.2) is 0 Å². The molecule has 1 aliphatic rings. The van der Waals surface area contributed by atoms with Crippen molar-refractivity contribution in [2.45, 2.75) is 6.42 Å². The normalized spacial score (nSPS) is 13.0. The van der Waals surface area contributed by atoms with Crippen molar-refractivity contribution in [3.8, 4) is 11.1 Å². The molecule has 1 nitrogen and oxygen atoms in total. The Morgan fingerprint density at radius 3 is 1.94 bits per heavy atom. The fourth-order valence-corrected chi connectivity index (χ4v) is 5.07. The van der Waals surface area contributed by atoms with Crippen LogP contribution in [0.3, 0.4) is 0 Å². The van der Waals surface area contributed by atoms with E-state index in [-0.39, 0.29) is 0 Å². The zero-order valence-electron chi connectivity index (χ0n) is 17.2. The quantitative estimate of drug-likeness (QED) is 0.313. The molecule has 0 N–H and O–H groups in total. The van der Waals surface area contributed by atoms with E-state index < -0.39 is 0 Å². The van der Waals surface area contributed by atoms with Crippen LogP contribution in [0.1, 0.15) is 12.0 Å². The monoisotopic (exact) mass is 417 g/mol. The molecular formula is C29H23NS. The van der Waals surface area contributed by atoms with Crippen LogP contribution in [0.4, 0.5) is 16.4 Å². The van der Waals surface area contributed by atoms with Crippen molar-refractivity contribution in [2.75, 3.05) is 4.90 Å². The maximum Gasteiger partial charge on any atom is 0.109 e. The summed E-state index contributed by atoms with van der Waals surface area (Å²) in [6, 6.07) is 32.0. The maximum atomic E-state index is 2.37. The van der Waals surface area contributed by atoms with Crippen molar-refractivity contribution in [3.05, 3.63) is 132 Å². The van der Waals surface area contributed by atoms with E-state index in [0.717, 1.165) is 17.8 Å². The predicted octanol–water partition coefficient (Wildman–Crippen LogP) is 8.78. The molecule has 3 aromatic carbocycles. The van der Waals surface area contributed by atoms with Crippen LogP contribution in [-0.2, 0) is 0 Å². The first-order chi connectivity index (χ1) is 15.4. The van der Waals surface area contributed by atoms with Gasteiger partial charge in [0.2, 0.25) is 0 Å². The number of nitrogens with zero attached hydrogens (tertiary/aromatic N) is 1. The molecule has 0 radical (unpaired) electrons. The first-order valence-electron chi connectivity index (χ1n) is 10.5. The van der Waals surface area contributed by atoms with Crippen molar-refractivity contribution in [1.82, 2.24) is 0 Å². The molecule has 0 aliphatic heterocycles. The number of hydrogen-bond acceptors (Lipinski definition) is 2. The van der Waals surface area contributed by atoms with Gasteiger partial charge < -0.3 is 4.90 Å². The summed E-state index contributed by atoms with van der Waals surface area (Å²) in [6.45, 7) is 0. The second-order valence-electron chi connectivity index (χ2n) is 7.38. The molecule has 31 heavy (non-hydrogen) atoms. The summed E-state index contributed by atoms with van der Waals surface area (Å²) in [4.78, 5) is 2.37. The van der Waals surface area contributed by atoms with E-state index in [1.807, 2.05) is 0 Å². The standard InChI is InChI=1S/C29H23NS/c1-2-7-15-23(14-6-1)27-22-31-29(28(27)24-16-8-3-9-17-24)30(25-18-10-4-11-19-25)26-20-12-5-13-21-26/h1-6,8-22H,7H2. The lowest BCUT2D eigenvalue weighted by atomic mass is 9.97. The fraction of sp³-hybridized carbons (Fsp3) is 0.0345. The second-order valence-corrected chi connectivity index (χ2v) is 8.24. The van der Waals surface area contributed by atoms with E-state index in [0.29, 0.717) is 0 Å². The molecule has 0 saturated carbocycles. The van der Waals surface area contributed by atoms with Gasteiger partial charge in [-0.05, 0) is 41.8 Å². The molecule has 0 amide bonds. The minimum atomic E-state index is 0.947. The second kappa shape index (κ2) is 9.03. The Hall–Kier alpha value is -3.62. The van der Waals surface area contributed by atoms with E-state index in [9.17, 15) is 0 Å². The highest BCUT2D eigenvalue weighted by molar-refractivity contribution is 7.15. The molecule has 0 saturated heterocycles. The van der Waals surface area contributed by atoms with Crippen molar-refractivity contribution >= 4 is 33.3 Å². The molecule has 0 atom stereocenters. The summed E-state index contributed by atoms with van der Waals surface area (Å²) in [5, 5.41) is 3.53. The molecule has 0 unspecified atom stereocenters. The van der Waals surface area contributed by atoms with Crippen molar-refractivity contribution in [3.63, 3.8) is 0 Å². The lowest BCUT2D eigenvalue weighted by Crippen LogP contribution is -2.09. The number of thiophene rings is 1. The summed E-state index contributed by atoms with van der Waals surface area (Å²) in [5.41, 5.74) is 7.38. The van der Waals surface area contributed by atoms with E-state index >= 15 is 0 Å². The van der Waals surface area contributed by atoms with Gasteiger partial charge >= 0.3 is 0 Å². The van der Waals surface area contributed by atoms with Gasteiger partial charge in [0.25, 0.3) is 0 Å². The van der Waals surface area contributed by atoms with Gasteiger partial charge in [0, 0.05) is 27.9 Å². The number of hydrogen-bond donors (Lipinski definition) is 0. The van der Waals surface area contributed by atoms with Gasteiger partial charge in [-0.2, -0.15) is 0 Å². The summed E-state index contributed by atoms with van der Waals surface area (Å²) >= 11 is 1.80. The molecule has 1 heterocycles. The molecular weight excluding hydrogens is 394 g/mol. The third-order valence-corrected chi connectivity index (χ3v) is 6.34. The molecule has 1 aliphatic carbocycles. The average molecular weight is 418 g/mol. The van der Waals surface area contributed by atoms with Gasteiger partial charge in [-0.3, -0.25) is 0 Å². The highest BCUT2D eigenvalue weighted by atomic mass is 32.1. The van der Waals surface area contributed by atoms with Crippen LogP contribution >= 0.6 is 11.3 Å². The van der Waals surface area contributed by atoms with Crippen LogP contribution < -0.4 is 4.90 Å². The Morgan fingerprint density at radius 1 is 0.677 bits per heavy atom. The molecule has 150 valence electrons. The van der Waals surface area contributed by atoms with Crippen LogP contribution in [0.25, 0.3) is 16.7 Å². The maximum absolute atomic E-state index is 2.37. The lowest BCUT2D eigenvalue weighted by molar-refractivity contribution is 1.31. The van der Waals surface area contributed by atoms with Crippen molar-refractivity contribution in [2.24, 2.45) is 0 Å². The van der Waals surface area contributed by atoms with Crippen LogP contribution in [0.5, 0.6) is 0 Å². The number of benzene rings is 3. The van der Waals surface area contributed by atoms with Crippen LogP contribution in [0.2, 0.25) is 0 Å². The van der Waals surface area contributed by atoms with E-state index in [2.05, 4.69) is 132 Å². The largest absolute Gasteiger partial charge is 0.301 e. The zero-order chi connectivity index (χ0) is 20.9. The Labute approximate surface area is 187 Å². The molecule has 0 bridgehead atoms. The topological polar surface area (TPSA) is 3.24 Å². The summed E-state index contributed by atoms with van der Waals surface area (Å²) in [7, 11) is 0. The number of anilines is 3. The smallest absolute Gasteiger partial charge is 0.109 e. The third-order valence-electron chi connectivity index (χ3n) is 5.37. The molecule has 0 spiro atoms. The molecule has 2 heteroatoms. The van der Waals surface area contributed by atoms with E-state index in [4.69, 9.17) is 0 Å². The molecule has 4 aromatic rings. The van der Waals surface area contributed by atoms with Gasteiger partial charge in [0.15, 0.2) is 0 Å². The average Bonchev–Trinajstić information content (AvgIpc) is 3.08. The van der Waals surface area contributed by atoms with Crippen LogP contribution in [0, 0.1) is 0 Å². The first-order valence-corrected chi connectivity index (χ1v) is 11.4. The summed E-state index contributed by atoms with van der Waals surface area (Å²) in [6.07, 6.45) is 11.9. The Bertz CT molecular complexity index is 1190. The Morgan fingerprint density at radius 2 is 1.29 bits per heavy atom. The highest BCUT2D eigenvalue weighted by Crippen LogP contribution is 2.48. The van der Waals surface area contributed by atoms with Crippen LogP contribution in [0.15, 0.2) is 127 Å².